The fourth-order valence-corrected chi connectivity index (χ4v) is 3.93. The normalized spacial score (nSPS) is 14.7. The van der Waals surface area contributed by atoms with Crippen LogP contribution in [0.5, 0.6) is 0 Å². The fraction of sp³-hybridized carbons (Fsp3) is 0.450. The number of hydrogen-bond acceptors (Lipinski definition) is 4. The third kappa shape index (κ3) is 3.26. The van der Waals surface area contributed by atoms with E-state index in [1.807, 2.05) is 33.3 Å². The summed E-state index contributed by atoms with van der Waals surface area (Å²) in [5.41, 5.74) is 0.738. The maximum Gasteiger partial charge on any atom is 0.263 e. The Labute approximate surface area is 163 Å². The number of benzene rings is 1. The molecule has 0 N–H and O–H groups in total. The van der Waals surface area contributed by atoms with E-state index in [0.29, 0.717) is 41.1 Å². The van der Waals surface area contributed by atoms with E-state index in [0.717, 1.165) is 12.1 Å². The van der Waals surface area contributed by atoms with Gasteiger partial charge in [0.2, 0.25) is 10.5 Å². The first-order chi connectivity index (χ1) is 13.0. The van der Waals surface area contributed by atoms with E-state index >= 15 is 0 Å². The monoisotopic (exact) mass is 383 g/mol. The number of nitrogens with zero attached hydrogens (tertiary/aromatic N) is 5. The molecule has 2 aromatic heterocycles. The molecule has 27 heavy (non-hydrogen) atoms. The summed E-state index contributed by atoms with van der Waals surface area (Å²) >= 11 is 5.78. The van der Waals surface area contributed by atoms with Gasteiger partial charge in [0.25, 0.3) is 5.56 Å². The molecule has 4 rings (SSSR count). The van der Waals surface area contributed by atoms with Crippen molar-refractivity contribution in [3.05, 3.63) is 52.0 Å². The van der Waals surface area contributed by atoms with Crippen LogP contribution in [0.3, 0.4) is 0 Å². The number of fused-ring (bicyclic) bond motifs is 3. The third-order valence-electron chi connectivity index (χ3n) is 4.97. The summed E-state index contributed by atoms with van der Waals surface area (Å²) in [4.78, 5) is 15.4. The molecule has 1 fully saturated rings. The van der Waals surface area contributed by atoms with Gasteiger partial charge in [-0.05, 0) is 43.1 Å². The zero-order chi connectivity index (χ0) is 19.1. The van der Waals surface area contributed by atoms with E-state index in [2.05, 4.69) is 25.3 Å². The van der Waals surface area contributed by atoms with E-state index < -0.39 is 0 Å². The molecule has 0 unspecified atom stereocenters. The van der Waals surface area contributed by atoms with Gasteiger partial charge in [-0.2, -0.15) is 0 Å². The second-order valence-corrected chi connectivity index (χ2v) is 8.04. The highest BCUT2D eigenvalue weighted by Gasteiger charge is 2.30. The molecule has 0 amide bonds. The predicted molar refractivity (Wildman–Crippen MR) is 111 cm³/mol. The van der Waals surface area contributed by atoms with Gasteiger partial charge in [0, 0.05) is 19.1 Å². The third-order valence-corrected chi connectivity index (χ3v) is 5.37. The largest absolute Gasteiger partial charge is 0.281 e. The Balaban J connectivity index is 1.91. The molecule has 0 spiro atoms. The van der Waals surface area contributed by atoms with Crippen LogP contribution in [0, 0.1) is 10.7 Å². The maximum atomic E-state index is 12.9. The smallest absolute Gasteiger partial charge is 0.263 e. The summed E-state index contributed by atoms with van der Waals surface area (Å²) in [5, 5.41) is 5.39. The maximum absolute atomic E-state index is 12.9. The lowest BCUT2D eigenvalue weighted by Gasteiger charge is -2.23. The second-order valence-electron chi connectivity index (χ2n) is 7.68. The summed E-state index contributed by atoms with van der Waals surface area (Å²) in [6.45, 7) is 10.3. The Morgan fingerprint density at radius 3 is 2.78 bits per heavy atom. The average molecular weight is 384 g/mol. The molecule has 0 bridgehead atoms. The van der Waals surface area contributed by atoms with Crippen LogP contribution in [0.2, 0.25) is 0 Å². The summed E-state index contributed by atoms with van der Waals surface area (Å²) in [6, 6.07) is 8.18. The Kier molecular flexibility index (Phi) is 4.74. The van der Waals surface area contributed by atoms with E-state index in [9.17, 15) is 4.79 Å². The highest BCUT2D eigenvalue weighted by molar-refractivity contribution is 7.71. The molecule has 7 heteroatoms. The molecule has 2 heterocycles. The van der Waals surface area contributed by atoms with Crippen molar-refractivity contribution >= 4 is 28.9 Å². The van der Waals surface area contributed by atoms with Crippen LogP contribution >= 0.6 is 12.2 Å². The van der Waals surface area contributed by atoms with Crippen LogP contribution < -0.4 is 5.56 Å². The zero-order valence-corrected chi connectivity index (χ0v) is 16.7. The number of hydrogen-bond donors (Lipinski definition) is 0. The molecule has 6 nitrogen and oxygen atoms in total. The summed E-state index contributed by atoms with van der Waals surface area (Å²) in [6.07, 6.45) is 4.18. The van der Waals surface area contributed by atoms with E-state index in [1.54, 1.807) is 10.6 Å². The van der Waals surface area contributed by atoms with Gasteiger partial charge in [0.15, 0.2) is 0 Å². The lowest BCUT2D eigenvalue weighted by molar-refractivity contribution is 0.174. The minimum absolute atomic E-state index is 0.0635. The quantitative estimate of drug-likeness (QED) is 0.463. The Hall–Kier alpha value is -2.25. The van der Waals surface area contributed by atoms with Crippen molar-refractivity contribution in [3.63, 3.8) is 0 Å². The Bertz CT molecular complexity index is 1120. The topological polar surface area (TPSA) is 47.5 Å². The first-order valence-electron chi connectivity index (χ1n) is 9.47. The van der Waals surface area contributed by atoms with Crippen LogP contribution in [0.15, 0.2) is 41.7 Å². The van der Waals surface area contributed by atoms with Crippen molar-refractivity contribution in [2.45, 2.75) is 45.9 Å². The van der Waals surface area contributed by atoms with Crippen LogP contribution in [0.25, 0.3) is 16.7 Å². The molecule has 142 valence electrons. The van der Waals surface area contributed by atoms with Crippen LogP contribution in [-0.2, 0) is 13.2 Å². The molecule has 0 radical (unpaired) electrons. The standard InChI is InChI=1S/C20H25N5OS/c1-4-11-23-18(26)16-7-5-6-8-17(16)25-19(23)21-24(20(25)27)13-22(12-14(2)3)15-9-10-15/h4-8,14-15H,1,9-13H2,2-3H3. The second kappa shape index (κ2) is 7.05. The number of para-hydroxylation sites is 1. The molecular weight excluding hydrogens is 358 g/mol. The number of allylic oxidation sites excluding steroid dienone is 1. The summed E-state index contributed by atoms with van der Waals surface area (Å²) in [5.74, 6) is 1.15. The lowest BCUT2D eigenvalue weighted by Crippen LogP contribution is -2.32. The number of aromatic nitrogens is 4. The minimum Gasteiger partial charge on any atom is -0.281 e. The Morgan fingerprint density at radius 2 is 2.11 bits per heavy atom. The predicted octanol–water partition coefficient (Wildman–Crippen LogP) is 3.44. The van der Waals surface area contributed by atoms with Crippen LogP contribution in [-0.4, -0.2) is 36.2 Å². The summed E-state index contributed by atoms with van der Waals surface area (Å²) < 4.78 is 6.03. The molecule has 1 aromatic carbocycles. The molecule has 1 saturated carbocycles. The highest BCUT2D eigenvalue weighted by Crippen LogP contribution is 2.28. The molecule has 0 saturated heterocycles. The number of rotatable bonds is 7. The lowest BCUT2D eigenvalue weighted by atomic mass is 10.2. The van der Waals surface area contributed by atoms with Crippen LogP contribution in [0.1, 0.15) is 26.7 Å². The highest BCUT2D eigenvalue weighted by atomic mass is 32.1. The molecule has 3 aromatic rings. The van der Waals surface area contributed by atoms with Crippen molar-refractivity contribution in [2.75, 3.05) is 6.54 Å². The van der Waals surface area contributed by atoms with Crippen molar-refractivity contribution in [3.8, 4) is 0 Å². The van der Waals surface area contributed by atoms with E-state index in [1.165, 1.54) is 12.8 Å². The van der Waals surface area contributed by atoms with Crippen molar-refractivity contribution in [1.82, 2.24) is 23.6 Å². The molecular formula is C20H25N5OS. The molecule has 1 aliphatic rings. The van der Waals surface area contributed by atoms with Gasteiger partial charge in [0.05, 0.1) is 17.6 Å². The summed E-state index contributed by atoms with van der Waals surface area (Å²) in [7, 11) is 0. The van der Waals surface area contributed by atoms with Crippen molar-refractivity contribution in [2.24, 2.45) is 5.92 Å². The average Bonchev–Trinajstić information content (AvgIpc) is 3.43. The van der Waals surface area contributed by atoms with Gasteiger partial charge in [0.1, 0.15) is 0 Å². The Morgan fingerprint density at radius 1 is 1.37 bits per heavy atom. The fourth-order valence-electron chi connectivity index (χ4n) is 3.66. The van der Waals surface area contributed by atoms with Gasteiger partial charge >= 0.3 is 0 Å². The van der Waals surface area contributed by atoms with Crippen LogP contribution in [0.4, 0.5) is 0 Å². The molecule has 0 atom stereocenters. The first-order valence-corrected chi connectivity index (χ1v) is 9.88. The van der Waals surface area contributed by atoms with Crippen molar-refractivity contribution in [1.29, 1.82) is 0 Å². The minimum atomic E-state index is -0.0635. The van der Waals surface area contributed by atoms with Crippen molar-refractivity contribution < 1.29 is 0 Å². The zero-order valence-electron chi connectivity index (χ0n) is 15.8. The van der Waals surface area contributed by atoms with Gasteiger partial charge < -0.3 is 0 Å². The van der Waals surface area contributed by atoms with Gasteiger partial charge in [-0.1, -0.05) is 32.1 Å². The van der Waals surface area contributed by atoms with Gasteiger partial charge in [-0.15, -0.1) is 11.7 Å². The van der Waals surface area contributed by atoms with Gasteiger partial charge in [-0.25, -0.2) is 4.68 Å². The molecule has 1 aliphatic carbocycles. The van der Waals surface area contributed by atoms with E-state index in [-0.39, 0.29) is 5.56 Å². The van der Waals surface area contributed by atoms with E-state index in [4.69, 9.17) is 17.3 Å². The first kappa shape index (κ1) is 18.1. The SMILES string of the molecule is C=CCn1c(=O)c2ccccc2n2c(=S)n(CN(CC(C)C)C3CC3)nc12. The van der Waals surface area contributed by atoms with Gasteiger partial charge in [-0.3, -0.25) is 18.7 Å². The molecule has 0 aliphatic heterocycles.